The molecule has 0 amide bonds. The van der Waals surface area contributed by atoms with Crippen LogP contribution >= 0.6 is 15.9 Å². The molecule has 0 unspecified atom stereocenters. The van der Waals surface area contributed by atoms with Crippen LogP contribution in [0.25, 0.3) is 5.69 Å². The lowest BCUT2D eigenvalue weighted by molar-refractivity contribution is 0.879. The fourth-order valence-corrected chi connectivity index (χ4v) is 2.24. The van der Waals surface area contributed by atoms with E-state index in [1.165, 1.54) is 6.33 Å². The van der Waals surface area contributed by atoms with Crippen LogP contribution in [0.4, 0.5) is 5.69 Å². The second-order valence-electron chi connectivity index (χ2n) is 4.25. The van der Waals surface area contributed by atoms with Crippen LogP contribution in [0, 0.1) is 0 Å². The molecule has 0 bridgehead atoms. The van der Waals surface area contributed by atoms with Gasteiger partial charge < -0.3 is 5.32 Å². The van der Waals surface area contributed by atoms with Crippen LogP contribution in [0.1, 0.15) is 5.56 Å². The molecule has 3 aromatic rings. The van der Waals surface area contributed by atoms with Crippen molar-refractivity contribution in [3.05, 3.63) is 65.4 Å². The Morgan fingerprint density at radius 2 is 1.95 bits per heavy atom. The van der Waals surface area contributed by atoms with E-state index in [4.69, 9.17) is 0 Å². The Bertz CT molecular complexity index is 679. The van der Waals surface area contributed by atoms with Gasteiger partial charge >= 0.3 is 0 Å². The maximum absolute atomic E-state index is 4.14. The van der Waals surface area contributed by atoms with Gasteiger partial charge in [0, 0.05) is 29.1 Å². The molecule has 100 valence electrons. The first-order chi connectivity index (χ1) is 9.81. The number of hydrogen-bond donors (Lipinski definition) is 1. The van der Waals surface area contributed by atoms with E-state index < -0.39 is 0 Å². The van der Waals surface area contributed by atoms with Gasteiger partial charge in [0.25, 0.3) is 0 Å². The number of rotatable bonds is 4. The molecule has 2 aromatic heterocycles. The van der Waals surface area contributed by atoms with Gasteiger partial charge in [0.1, 0.15) is 12.7 Å². The molecule has 0 spiro atoms. The molecule has 0 aliphatic heterocycles. The molecule has 5 nitrogen and oxygen atoms in total. The van der Waals surface area contributed by atoms with Gasteiger partial charge in [-0.2, -0.15) is 5.10 Å². The molecule has 1 aromatic carbocycles. The van der Waals surface area contributed by atoms with Crippen LogP contribution in [-0.4, -0.2) is 19.7 Å². The summed E-state index contributed by atoms with van der Waals surface area (Å²) in [6.07, 6.45) is 6.82. The minimum atomic E-state index is 0.731. The molecule has 0 radical (unpaired) electrons. The molecule has 3 rings (SSSR count). The van der Waals surface area contributed by atoms with Crippen molar-refractivity contribution in [3.63, 3.8) is 0 Å². The van der Waals surface area contributed by atoms with Gasteiger partial charge in [0.05, 0.1) is 5.69 Å². The predicted octanol–water partition coefficient (Wildman–Crippen LogP) is 3.04. The number of nitrogens with one attached hydrogen (secondary N) is 1. The molecular weight excluding hydrogens is 318 g/mol. The standard InChI is InChI=1S/C14H12BrN5/c15-12-5-11(6-16-8-12)7-18-13-1-3-14(4-2-13)20-10-17-9-19-20/h1-6,8-10,18H,7H2. The van der Waals surface area contributed by atoms with E-state index in [9.17, 15) is 0 Å². The molecular formula is C14H12BrN5. The van der Waals surface area contributed by atoms with Gasteiger partial charge in [0.2, 0.25) is 0 Å². The first-order valence-corrected chi connectivity index (χ1v) is 6.89. The van der Waals surface area contributed by atoms with E-state index in [1.54, 1.807) is 17.2 Å². The summed E-state index contributed by atoms with van der Waals surface area (Å²) in [7, 11) is 0. The van der Waals surface area contributed by atoms with Gasteiger partial charge in [-0.1, -0.05) is 0 Å². The summed E-state index contributed by atoms with van der Waals surface area (Å²) < 4.78 is 2.71. The van der Waals surface area contributed by atoms with Crippen molar-refractivity contribution in [2.75, 3.05) is 5.32 Å². The summed E-state index contributed by atoms with van der Waals surface area (Å²) in [4.78, 5) is 8.07. The molecule has 0 fully saturated rings. The molecule has 1 N–H and O–H groups in total. The van der Waals surface area contributed by atoms with Crippen LogP contribution in [0.3, 0.4) is 0 Å². The molecule has 6 heteroatoms. The smallest absolute Gasteiger partial charge is 0.138 e. The SMILES string of the molecule is Brc1cncc(CNc2ccc(-n3cncn3)cc2)c1. The van der Waals surface area contributed by atoms with E-state index in [0.29, 0.717) is 0 Å². The van der Waals surface area contributed by atoms with Crippen molar-refractivity contribution in [2.24, 2.45) is 0 Å². The Morgan fingerprint density at radius 3 is 2.65 bits per heavy atom. The second-order valence-corrected chi connectivity index (χ2v) is 5.17. The zero-order valence-electron chi connectivity index (χ0n) is 10.6. The van der Waals surface area contributed by atoms with Gasteiger partial charge in [-0.15, -0.1) is 0 Å². The Balaban J connectivity index is 1.67. The predicted molar refractivity (Wildman–Crippen MR) is 80.6 cm³/mol. The second kappa shape index (κ2) is 5.83. The topological polar surface area (TPSA) is 55.6 Å². The Hall–Kier alpha value is -2.21. The lowest BCUT2D eigenvalue weighted by Gasteiger charge is -2.07. The van der Waals surface area contributed by atoms with Gasteiger partial charge in [-0.3, -0.25) is 4.98 Å². The van der Waals surface area contributed by atoms with Crippen molar-refractivity contribution in [2.45, 2.75) is 6.54 Å². The third-order valence-electron chi connectivity index (χ3n) is 2.81. The summed E-state index contributed by atoms with van der Waals surface area (Å²) in [6.45, 7) is 0.731. The van der Waals surface area contributed by atoms with Crippen LogP contribution in [0.15, 0.2) is 59.9 Å². The zero-order chi connectivity index (χ0) is 13.8. The Kier molecular flexibility index (Phi) is 3.73. The molecule has 20 heavy (non-hydrogen) atoms. The summed E-state index contributed by atoms with van der Waals surface area (Å²) in [5.41, 5.74) is 3.16. The minimum absolute atomic E-state index is 0.731. The van der Waals surface area contributed by atoms with E-state index in [-0.39, 0.29) is 0 Å². The van der Waals surface area contributed by atoms with Gasteiger partial charge in [-0.25, -0.2) is 9.67 Å². The molecule has 0 aliphatic rings. The van der Waals surface area contributed by atoms with Gasteiger partial charge in [0.15, 0.2) is 0 Å². The number of nitrogens with zero attached hydrogens (tertiary/aromatic N) is 4. The van der Waals surface area contributed by atoms with Gasteiger partial charge in [-0.05, 0) is 51.8 Å². The van der Waals surface area contributed by atoms with Crippen molar-refractivity contribution in [1.82, 2.24) is 19.7 Å². The van der Waals surface area contributed by atoms with E-state index in [0.717, 1.165) is 28.0 Å². The van der Waals surface area contributed by atoms with Crippen molar-refractivity contribution >= 4 is 21.6 Å². The maximum Gasteiger partial charge on any atom is 0.138 e. The van der Waals surface area contributed by atoms with Crippen molar-refractivity contribution in [1.29, 1.82) is 0 Å². The van der Waals surface area contributed by atoms with E-state index in [2.05, 4.69) is 36.3 Å². The van der Waals surface area contributed by atoms with Crippen LogP contribution in [-0.2, 0) is 6.54 Å². The highest BCUT2D eigenvalue weighted by Gasteiger charge is 1.98. The number of benzene rings is 1. The average Bonchev–Trinajstić information content (AvgIpc) is 3.00. The first kappa shape index (κ1) is 12.8. The molecule has 0 aliphatic carbocycles. The maximum atomic E-state index is 4.14. The molecule has 2 heterocycles. The van der Waals surface area contributed by atoms with Crippen LogP contribution in [0.5, 0.6) is 0 Å². The number of anilines is 1. The number of hydrogen-bond acceptors (Lipinski definition) is 4. The lowest BCUT2D eigenvalue weighted by Crippen LogP contribution is -2.00. The number of pyridine rings is 1. The Morgan fingerprint density at radius 1 is 1.10 bits per heavy atom. The highest BCUT2D eigenvalue weighted by atomic mass is 79.9. The van der Waals surface area contributed by atoms with Crippen molar-refractivity contribution < 1.29 is 0 Å². The van der Waals surface area contributed by atoms with E-state index in [1.807, 2.05) is 36.5 Å². The number of aromatic nitrogens is 4. The van der Waals surface area contributed by atoms with Crippen LogP contribution < -0.4 is 5.32 Å². The van der Waals surface area contributed by atoms with E-state index >= 15 is 0 Å². The Labute approximate surface area is 124 Å². The fraction of sp³-hybridized carbons (Fsp3) is 0.0714. The molecule has 0 atom stereocenters. The number of halogens is 1. The summed E-state index contributed by atoms with van der Waals surface area (Å²) >= 11 is 3.41. The third kappa shape index (κ3) is 3.03. The lowest BCUT2D eigenvalue weighted by atomic mass is 10.2. The summed E-state index contributed by atoms with van der Waals surface area (Å²) in [5.74, 6) is 0. The zero-order valence-corrected chi connectivity index (χ0v) is 12.2. The minimum Gasteiger partial charge on any atom is -0.381 e. The first-order valence-electron chi connectivity index (χ1n) is 6.09. The quantitative estimate of drug-likeness (QED) is 0.799. The average molecular weight is 330 g/mol. The monoisotopic (exact) mass is 329 g/mol. The largest absolute Gasteiger partial charge is 0.381 e. The summed E-state index contributed by atoms with van der Waals surface area (Å²) in [6, 6.07) is 10.1. The summed E-state index contributed by atoms with van der Waals surface area (Å²) in [5, 5.41) is 7.45. The highest BCUT2D eigenvalue weighted by Crippen LogP contribution is 2.14. The fourth-order valence-electron chi connectivity index (χ4n) is 1.83. The third-order valence-corrected chi connectivity index (χ3v) is 3.24. The molecule has 0 saturated heterocycles. The van der Waals surface area contributed by atoms with Crippen LogP contribution in [0.2, 0.25) is 0 Å². The highest BCUT2D eigenvalue weighted by molar-refractivity contribution is 9.10. The van der Waals surface area contributed by atoms with Crippen molar-refractivity contribution in [3.8, 4) is 5.69 Å². The molecule has 0 saturated carbocycles. The normalized spacial score (nSPS) is 10.4.